The molecule has 96 valence electrons. The normalized spacial score (nSPS) is 14.4. The lowest BCUT2D eigenvalue weighted by molar-refractivity contribution is 0.470. The van der Waals surface area contributed by atoms with Crippen LogP contribution in [0.25, 0.3) is 0 Å². The Kier molecular flexibility index (Phi) is 4.42. The van der Waals surface area contributed by atoms with Crippen LogP contribution in [0.5, 0.6) is 0 Å². The molecular formula is C14H18N2OS. The van der Waals surface area contributed by atoms with Crippen LogP contribution in [0.3, 0.4) is 0 Å². The summed E-state index contributed by atoms with van der Waals surface area (Å²) in [6.45, 7) is 6.17. The molecule has 0 aliphatic heterocycles. The van der Waals surface area contributed by atoms with Gasteiger partial charge in [-0.2, -0.15) is 0 Å². The Labute approximate surface area is 112 Å². The minimum atomic E-state index is 0.248. The van der Waals surface area contributed by atoms with Crippen LogP contribution in [0.1, 0.15) is 42.4 Å². The van der Waals surface area contributed by atoms with Crippen LogP contribution in [-0.4, -0.2) is 16.0 Å². The third-order valence-electron chi connectivity index (χ3n) is 2.85. The minimum absolute atomic E-state index is 0.248. The summed E-state index contributed by atoms with van der Waals surface area (Å²) in [5, 5.41) is 8.17. The van der Waals surface area contributed by atoms with Crippen molar-refractivity contribution < 1.29 is 4.42 Å². The molecule has 0 bridgehead atoms. The molecule has 1 heterocycles. The molecule has 4 heteroatoms. The zero-order chi connectivity index (χ0) is 13.0. The largest absolute Gasteiger partial charge is 0.424 e. The van der Waals surface area contributed by atoms with Gasteiger partial charge in [0.25, 0.3) is 0 Å². The highest BCUT2D eigenvalue weighted by Gasteiger charge is 2.15. The van der Waals surface area contributed by atoms with Crippen LogP contribution in [0, 0.1) is 6.92 Å². The number of aromatic nitrogens is 2. The second kappa shape index (κ2) is 6.05. The third-order valence-corrected chi connectivity index (χ3v) is 4.25. The van der Waals surface area contributed by atoms with Crippen molar-refractivity contribution in [1.29, 1.82) is 0 Å². The average molecular weight is 262 g/mol. The number of nitrogens with zero attached hydrogens (tertiary/aromatic N) is 2. The number of hydrogen-bond acceptors (Lipinski definition) is 4. The molecule has 18 heavy (non-hydrogen) atoms. The Morgan fingerprint density at radius 1 is 1.17 bits per heavy atom. The van der Waals surface area contributed by atoms with Crippen LogP contribution in [0.4, 0.5) is 0 Å². The molecule has 3 nitrogen and oxygen atoms in total. The molecule has 0 aliphatic rings. The molecule has 0 saturated heterocycles. The van der Waals surface area contributed by atoms with Crippen molar-refractivity contribution in [3.63, 3.8) is 0 Å². The van der Waals surface area contributed by atoms with Gasteiger partial charge >= 0.3 is 0 Å². The summed E-state index contributed by atoms with van der Waals surface area (Å²) in [6, 6.07) is 10.6. The maximum atomic E-state index is 5.44. The van der Waals surface area contributed by atoms with Gasteiger partial charge in [0, 0.05) is 12.7 Å². The Hall–Kier alpha value is -1.29. The summed E-state index contributed by atoms with van der Waals surface area (Å²) < 4.78 is 5.44. The van der Waals surface area contributed by atoms with Gasteiger partial charge in [-0.15, -0.1) is 22.0 Å². The van der Waals surface area contributed by atoms with E-state index in [1.807, 2.05) is 24.8 Å². The molecule has 1 aromatic heterocycles. The van der Waals surface area contributed by atoms with Gasteiger partial charge in [0.05, 0.1) is 5.25 Å². The van der Waals surface area contributed by atoms with Crippen molar-refractivity contribution in [1.82, 2.24) is 10.2 Å². The maximum Gasteiger partial charge on any atom is 0.229 e. The predicted octanol–water partition coefficient (Wildman–Crippen LogP) is 3.98. The molecule has 0 radical (unpaired) electrons. The number of aryl methyl sites for hydroxylation is 1. The SMILES string of the molecule is Cc1nnc([C@H](C)SC[C@H](C)c2ccccc2)o1. The zero-order valence-corrected chi connectivity index (χ0v) is 11.8. The Balaban J connectivity index is 1.88. The van der Waals surface area contributed by atoms with E-state index in [1.54, 1.807) is 0 Å². The Morgan fingerprint density at radius 3 is 2.50 bits per heavy atom. The summed E-state index contributed by atoms with van der Waals surface area (Å²) in [6.07, 6.45) is 0. The molecule has 2 atom stereocenters. The van der Waals surface area contributed by atoms with Gasteiger partial charge in [0.15, 0.2) is 0 Å². The van der Waals surface area contributed by atoms with Gasteiger partial charge in [-0.25, -0.2) is 0 Å². The van der Waals surface area contributed by atoms with E-state index in [-0.39, 0.29) is 5.25 Å². The lowest BCUT2D eigenvalue weighted by Crippen LogP contribution is -1.99. The first-order valence-electron chi connectivity index (χ1n) is 6.13. The van der Waals surface area contributed by atoms with Gasteiger partial charge < -0.3 is 4.42 Å². The summed E-state index contributed by atoms with van der Waals surface area (Å²) >= 11 is 1.85. The van der Waals surface area contributed by atoms with Crippen molar-refractivity contribution in [3.8, 4) is 0 Å². The fraction of sp³-hybridized carbons (Fsp3) is 0.429. The second-order valence-corrected chi connectivity index (χ2v) is 5.82. The zero-order valence-electron chi connectivity index (χ0n) is 11.0. The Bertz CT molecular complexity index is 484. The summed E-state index contributed by atoms with van der Waals surface area (Å²) in [7, 11) is 0. The van der Waals surface area contributed by atoms with Crippen molar-refractivity contribution in [2.24, 2.45) is 0 Å². The second-order valence-electron chi connectivity index (χ2n) is 4.45. The molecule has 0 aliphatic carbocycles. The molecule has 2 rings (SSSR count). The van der Waals surface area contributed by atoms with Crippen molar-refractivity contribution in [2.45, 2.75) is 31.9 Å². The highest BCUT2D eigenvalue weighted by Crippen LogP contribution is 2.31. The van der Waals surface area contributed by atoms with E-state index >= 15 is 0 Å². The molecule has 2 aromatic rings. The first-order valence-corrected chi connectivity index (χ1v) is 7.18. The van der Waals surface area contributed by atoms with Crippen LogP contribution >= 0.6 is 11.8 Å². The van der Waals surface area contributed by atoms with Gasteiger partial charge in [0.2, 0.25) is 11.8 Å². The Morgan fingerprint density at radius 2 is 1.89 bits per heavy atom. The lowest BCUT2D eigenvalue weighted by atomic mass is 10.0. The predicted molar refractivity (Wildman–Crippen MR) is 74.8 cm³/mol. The van der Waals surface area contributed by atoms with E-state index in [0.29, 0.717) is 11.8 Å². The smallest absolute Gasteiger partial charge is 0.229 e. The summed E-state index contributed by atoms with van der Waals surface area (Å²) in [5.74, 6) is 2.93. The molecule has 0 spiro atoms. The molecule has 0 unspecified atom stereocenters. The van der Waals surface area contributed by atoms with Crippen LogP contribution in [0.15, 0.2) is 34.7 Å². The standard InChI is InChI=1S/C14H18N2OS/c1-10(13-7-5-4-6-8-13)9-18-11(2)14-16-15-12(3)17-14/h4-8,10-11H,9H2,1-3H3/t10-,11-/m0/s1. The van der Waals surface area contributed by atoms with E-state index in [0.717, 1.165) is 11.6 Å². The quantitative estimate of drug-likeness (QED) is 0.817. The van der Waals surface area contributed by atoms with E-state index < -0.39 is 0 Å². The average Bonchev–Trinajstić information content (AvgIpc) is 2.83. The van der Waals surface area contributed by atoms with Crippen molar-refractivity contribution in [2.75, 3.05) is 5.75 Å². The minimum Gasteiger partial charge on any atom is -0.424 e. The molecule has 0 fully saturated rings. The molecule has 0 N–H and O–H groups in total. The van der Waals surface area contributed by atoms with Crippen LogP contribution in [0.2, 0.25) is 0 Å². The van der Waals surface area contributed by atoms with Gasteiger partial charge in [0.1, 0.15) is 0 Å². The monoisotopic (exact) mass is 262 g/mol. The molecule has 0 saturated carbocycles. The summed E-state index contributed by atoms with van der Waals surface area (Å²) in [4.78, 5) is 0. The lowest BCUT2D eigenvalue weighted by Gasteiger charge is -2.13. The number of thioether (sulfide) groups is 1. The van der Waals surface area contributed by atoms with Crippen LogP contribution in [-0.2, 0) is 0 Å². The summed E-state index contributed by atoms with van der Waals surface area (Å²) in [5.41, 5.74) is 1.37. The van der Waals surface area contributed by atoms with Crippen molar-refractivity contribution in [3.05, 3.63) is 47.7 Å². The van der Waals surface area contributed by atoms with Gasteiger partial charge in [-0.1, -0.05) is 37.3 Å². The maximum absolute atomic E-state index is 5.44. The van der Waals surface area contributed by atoms with E-state index in [9.17, 15) is 0 Å². The van der Waals surface area contributed by atoms with Gasteiger partial charge in [-0.3, -0.25) is 0 Å². The number of rotatable bonds is 5. The molecule has 0 amide bonds. The van der Waals surface area contributed by atoms with E-state index in [1.165, 1.54) is 5.56 Å². The number of benzene rings is 1. The molecular weight excluding hydrogens is 244 g/mol. The highest BCUT2D eigenvalue weighted by molar-refractivity contribution is 7.99. The third kappa shape index (κ3) is 3.35. The highest BCUT2D eigenvalue weighted by atomic mass is 32.2. The topological polar surface area (TPSA) is 38.9 Å². The van der Waals surface area contributed by atoms with Crippen molar-refractivity contribution >= 4 is 11.8 Å². The number of hydrogen-bond donors (Lipinski definition) is 0. The van der Waals surface area contributed by atoms with E-state index in [2.05, 4.69) is 48.3 Å². The fourth-order valence-corrected chi connectivity index (χ4v) is 2.72. The first-order chi connectivity index (χ1) is 8.66. The van der Waals surface area contributed by atoms with Gasteiger partial charge in [-0.05, 0) is 18.4 Å². The fourth-order valence-electron chi connectivity index (χ4n) is 1.71. The first kappa shape index (κ1) is 13.1. The molecule has 1 aromatic carbocycles. The van der Waals surface area contributed by atoms with Crippen LogP contribution < -0.4 is 0 Å². The van der Waals surface area contributed by atoms with E-state index in [4.69, 9.17) is 4.42 Å².